The highest BCUT2D eigenvalue weighted by Crippen LogP contribution is 2.18. The van der Waals surface area contributed by atoms with Gasteiger partial charge in [-0.15, -0.1) is 0 Å². The first kappa shape index (κ1) is 22.9. The lowest BCUT2D eigenvalue weighted by molar-refractivity contribution is 0.344. The highest BCUT2D eigenvalue weighted by Gasteiger charge is 2.16. The minimum atomic E-state index is -3.54. The van der Waals surface area contributed by atoms with E-state index in [-0.39, 0.29) is 10.6 Å². The Morgan fingerprint density at radius 3 is 2.36 bits per heavy atom. The van der Waals surface area contributed by atoms with Gasteiger partial charge in [0.05, 0.1) is 4.90 Å². The van der Waals surface area contributed by atoms with Crippen LogP contribution >= 0.6 is 0 Å². The smallest absolute Gasteiger partial charge is 0.240 e. The Labute approximate surface area is 194 Å². The number of sulfonamides is 1. The maximum atomic E-state index is 12.5. The number of nitrogens with one attached hydrogen (secondary N) is 2. The lowest BCUT2D eigenvalue weighted by Gasteiger charge is -2.15. The van der Waals surface area contributed by atoms with Gasteiger partial charge in [-0.2, -0.15) is 0 Å². The molecule has 8 nitrogen and oxygen atoms in total. The van der Waals surface area contributed by atoms with Crippen molar-refractivity contribution in [1.29, 1.82) is 0 Å². The number of phenolic OH excluding ortho intramolecular Hbond substituents is 1. The number of anilines is 2. The highest BCUT2D eigenvalue weighted by atomic mass is 32.2. The molecular weight excluding hydrogens is 438 g/mol. The van der Waals surface area contributed by atoms with Crippen LogP contribution in [0.15, 0.2) is 65.8 Å². The number of aromatic nitrogens is 2. The van der Waals surface area contributed by atoms with E-state index in [2.05, 4.69) is 24.9 Å². The quantitative estimate of drug-likeness (QED) is 0.444. The van der Waals surface area contributed by atoms with Gasteiger partial charge in [0.2, 0.25) is 16.0 Å². The Balaban J connectivity index is 1.31. The van der Waals surface area contributed by atoms with Crippen LogP contribution in [0.4, 0.5) is 11.6 Å². The molecule has 3 aromatic rings. The summed E-state index contributed by atoms with van der Waals surface area (Å²) in [5.41, 5.74) is 2.37. The summed E-state index contributed by atoms with van der Waals surface area (Å²) < 4.78 is 27.7. The van der Waals surface area contributed by atoms with Crippen LogP contribution in [0, 0.1) is 0 Å². The van der Waals surface area contributed by atoms with Gasteiger partial charge in [0.1, 0.15) is 5.75 Å². The third-order valence-electron chi connectivity index (χ3n) is 5.35. The molecule has 0 atom stereocenters. The molecule has 1 fully saturated rings. The van der Waals surface area contributed by atoms with Gasteiger partial charge < -0.3 is 15.3 Å². The van der Waals surface area contributed by atoms with Gasteiger partial charge in [-0.05, 0) is 67.9 Å². The fourth-order valence-corrected chi connectivity index (χ4v) is 4.60. The summed E-state index contributed by atoms with van der Waals surface area (Å²) in [6, 6.07) is 13.5. The van der Waals surface area contributed by atoms with Crippen molar-refractivity contribution in [2.45, 2.75) is 17.7 Å². The van der Waals surface area contributed by atoms with Crippen molar-refractivity contribution >= 4 is 33.8 Å². The van der Waals surface area contributed by atoms with E-state index in [1.165, 1.54) is 12.8 Å². The predicted octanol–water partition coefficient (Wildman–Crippen LogP) is 3.47. The predicted molar refractivity (Wildman–Crippen MR) is 130 cm³/mol. The largest absolute Gasteiger partial charge is 0.508 e. The van der Waals surface area contributed by atoms with E-state index in [0.717, 1.165) is 30.8 Å². The van der Waals surface area contributed by atoms with Crippen LogP contribution in [0.3, 0.4) is 0 Å². The second-order valence-electron chi connectivity index (χ2n) is 7.86. The Morgan fingerprint density at radius 1 is 0.970 bits per heavy atom. The molecule has 2 aromatic carbocycles. The first-order chi connectivity index (χ1) is 16.0. The van der Waals surface area contributed by atoms with Crippen molar-refractivity contribution < 1.29 is 13.5 Å². The summed E-state index contributed by atoms with van der Waals surface area (Å²) in [5.74, 6) is 0.619. The first-order valence-corrected chi connectivity index (χ1v) is 12.3. The molecule has 0 spiro atoms. The summed E-state index contributed by atoms with van der Waals surface area (Å²) in [5, 5.41) is 12.6. The molecule has 2 heterocycles. The third-order valence-corrected chi connectivity index (χ3v) is 6.83. The minimum Gasteiger partial charge on any atom is -0.508 e. The summed E-state index contributed by atoms with van der Waals surface area (Å²) in [6.45, 7) is 3.22. The van der Waals surface area contributed by atoms with Crippen LogP contribution in [0.2, 0.25) is 0 Å². The molecule has 0 amide bonds. The molecule has 33 heavy (non-hydrogen) atoms. The maximum Gasteiger partial charge on any atom is 0.240 e. The zero-order valence-electron chi connectivity index (χ0n) is 18.2. The molecule has 1 aliphatic heterocycles. The molecule has 0 bridgehead atoms. The molecule has 1 saturated heterocycles. The Hall–Kier alpha value is -3.27. The van der Waals surface area contributed by atoms with Crippen molar-refractivity contribution in [2.75, 3.05) is 31.5 Å². The van der Waals surface area contributed by atoms with Gasteiger partial charge in [-0.1, -0.05) is 24.3 Å². The Bertz CT molecular complexity index is 1190. The van der Waals surface area contributed by atoms with Crippen LogP contribution < -0.4 is 10.0 Å². The summed E-state index contributed by atoms with van der Waals surface area (Å²) in [7, 11) is -3.54. The van der Waals surface area contributed by atoms with E-state index in [0.29, 0.717) is 18.2 Å². The molecule has 172 valence electrons. The zero-order valence-corrected chi connectivity index (χ0v) is 19.0. The number of hydrogen-bond acceptors (Lipinski definition) is 7. The molecule has 0 radical (unpaired) electrons. The highest BCUT2D eigenvalue weighted by molar-refractivity contribution is 7.89. The molecule has 3 N–H and O–H groups in total. The summed E-state index contributed by atoms with van der Waals surface area (Å²) >= 11 is 0. The lowest BCUT2D eigenvalue weighted by Crippen LogP contribution is -2.33. The lowest BCUT2D eigenvalue weighted by atomic mass is 10.2. The maximum absolute atomic E-state index is 12.5. The second kappa shape index (κ2) is 10.6. The SMILES string of the molecule is O=S(=O)(NCCN1CCCC1)c1ccc(Nc2ncc(C=Cc3cccc(O)c3)cn2)cc1. The van der Waals surface area contributed by atoms with E-state index in [4.69, 9.17) is 0 Å². The fraction of sp³-hybridized carbons (Fsp3) is 0.250. The number of benzene rings is 2. The summed E-state index contributed by atoms with van der Waals surface area (Å²) in [6.07, 6.45) is 9.45. The van der Waals surface area contributed by atoms with E-state index < -0.39 is 10.0 Å². The van der Waals surface area contributed by atoms with Crippen molar-refractivity contribution in [3.63, 3.8) is 0 Å². The van der Waals surface area contributed by atoms with E-state index in [9.17, 15) is 13.5 Å². The Kier molecular flexibility index (Phi) is 7.33. The van der Waals surface area contributed by atoms with Crippen LogP contribution in [-0.4, -0.2) is 54.6 Å². The van der Waals surface area contributed by atoms with E-state index in [1.54, 1.807) is 54.9 Å². The molecular formula is C24H27N5O3S. The van der Waals surface area contributed by atoms with Gasteiger partial charge in [0.25, 0.3) is 0 Å². The molecule has 9 heteroatoms. The second-order valence-corrected chi connectivity index (χ2v) is 9.63. The number of aromatic hydroxyl groups is 1. The first-order valence-electron chi connectivity index (χ1n) is 10.9. The monoisotopic (exact) mass is 465 g/mol. The number of phenols is 1. The molecule has 1 aromatic heterocycles. The van der Waals surface area contributed by atoms with Crippen LogP contribution in [-0.2, 0) is 10.0 Å². The van der Waals surface area contributed by atoms with Crippen LogP contribution in [0.5, 0.6) is 5.75 Å². The average molecular weight is 466 g/mol. The van der Waals surface area contributed by atoms with E-state index in [1.807, 2.05) is 18.2 Å². The molecule has 0 saturated carbocycles. The number of likely N-dealkylation sites (tertiary alicyclic amines) is 1. The standard InChI is InChI=1S/C24H27N5O3S/c30-22-5-3-4-19(16-22)6-7-20-17-25-24(26-18-20)28-21-8-10-23(11-9-21)33(31,32)27-12-15-29-13-1-2-14-29/h3-11,16-18,27,30H,1-2,12-15H2,(H,25,26,28). The molecule has 0 aliphatic carbocycles. The molecule has 0 unspecified atom stereocenters. The van der Waals surface area contributed by atoms with Crippen molar-refractivity contribution in [1.82, 2.24) is 19.6 Å². The number of nitrogens with zero attached hydrogens (tertiary/aromatic N) is 3. The van der Waals surface area contributed by atoms with Gasteiger partial charge in [0, 0.05) is 36.7 Å². The third kappa shape index (κ3) is 6.61. The normalized spacial score (nSPS) is 14.7. The zero-order chi connectivity index (χ0) is 23.1. The van der Waals surface area contributed by atoms with Crippen LogP contribution in [0.1, 0.15) is 24.0 Å². The van der Waals surface area contributed by atoms with Gasteiger partial charge in [-0.3, -0.25) is 0 Å². The fourth-order valence-electron chi connectivity index (χ4n) is 3.58. The minimum absolute atomic E-state index is 0.213. The Morgan fingerprint density at radius 2 is 1.67 bits per heavy atom. The van der Waals surface area contributed by atoms with E-state index >= 15 is 0 Å². The van der Waals surface area contributed by atoms with Gasteiger partial charge in [0.15, 0.2) is 0 Å². The number of rotatable bonds is 9. The van der Waals surface area contributed by atoms with Gasteiger partial charge >= 0.3 is 0 Å². The van der Waals surface area contributed by atoms with Crippen molar-refractivity contribution in [3.05, 3.63) is 72.1 Å². The van der Waals surface area contributed by atoms with Gasteiger partial charge in [-0.25, -0.2) is 23.1 Å². The number of hydrogen-bond donors (Lipinski definition) is 3. The van der Waals surface area contributed by atoms with Crippen LogP contribution in [0.25, 0.3) is 12.2 Å². The summed E-state index contributed by atoms with van der Waals surface area (Å²) in [4.78, 5) is 11.1. The van der Waals surface area contributed by atoms with Crippen molar-refractivity contribution in [2.24, 2.45) is 0 Å². The molecule has 1 aliphatic rings. The van der Waals surface area contributed by atoms with Crippen molar-refractivity contribution in [3.8, 4) is 5.75 Å². The topological polar surface area (TPSA) is 107 Å². The average Bonchev–Trinajstić information content (AvgIpc) is 3.33. The molecule has 4 rings (SSSR count).